The summed E-state index contributed by atoms with van der Waals surface area (Å²) in [6, 6.07) is 18.9. The maximum absolute atomic E-state index is 8.87. The van der Waals surface area contributed by atoms with Crippen molar-refractivity contribution in [1.29, 1.82) is 5.26 Å². The van der Waals surface area contributed by atoms with Gasteiger partial charge in [0.2, 0.25) is 5.88 Å². The molecule has 0 aliphatic carbocycles. The van der Waals surface area contributed by atoms with Crippen molar-refractivity contribution >= 4 is 10.9 Å². The molecule has 0 saturated carbocycles. The van der Waals surface area contributed by atoms with Crippen LogP contribution in [-0.4, -0.2) is 36.1 Å². The fourth-order valence-corrected chi connectivity index (χ4v) is 3.42. The normalized spacial score (nSPS) is 14.5. The third-order valence-electron chi connectivity index (χ3n) is 4.96. The summed E-state index contributed by atoms with van der Waals surface area (Å²) in [5.41, 5.74) is 1.49. The number of likely N-dealkylation sites (tertiary alicyclic amines) is 1. The average Bonchev–Trinajstić information content (AvgIpc) is 2.75. The Hall–Kier alpha value is -3.10. The van der Waals surface area contributed by atoms with Crippen molar-refractivity contribution in [2.75, 3.05) is 26.2 Å². The summed E-state index contributed by atoms with van der Waals surface area (Å²) in [7, 11) is 0. The summed E-state index contributed by atoms with van der Waals surface area (Å²) >= 11 is 0. The summed E-state index contributed by atoms with van der Waals surface area (Å²) in [6.45, 7) is 3.97. The summed E-state index contributed by atoms with van der Waals surface area (Å²) in [6.07, 6.45) is 3.93. The Kier molecular flexibility index (Phi) is 5.69. The highest BCUT2D eigenvalue weighted by molar-refractivity contribution is 5.80. The molecule has 2 aromatic carbocycles. The first-order valence-electron chi connectivity index (χ1n) is 9.74. The zero-order valence-corrected chi connectivity index (χ0v) is 15.8. The number of pyridine rings is 1. The van der Waals surface area contributed by atoms with Gasteiger partial charge in [-0.05, 0) is 74.5 Å². The van der Waals surface area contributed by atoms with Gasteiger partial charge in [0.05, 0.1) is 17.1 Å². The lowest BCUT2D eigenvalue weighted by Gasteiger charge is -2.26. The molecule has 1 fully saturated rings. The van der Waals surface area contributed by atoms with Crippen molar-refractivity contribution in [1.82, 2.24) is 9.88 Å². The quantitative estimate of drug-likeness (QED) is 0.623. The van der Waals surface area contributed by atoms with E-state index in [2.05, 4.69) is 16.0 Å². The molecule has 0 amide bonds. The molecular formula is C23H23N3O2. The zero-order valence-electron chi connectivity index (χ0n) is 15.8. The van der Waals surface area contributed by atoms with Gasteiger partial charge in [0.25, 0.3) is 0 Å². The maximum atomic E-state index is 8.87. The van der Waals surface area contributed by atoms with Crippen molar-refractivity contribution in [3.8, 4) is 23.4 Å². The van der Waals surface area contributed by atoms with Gasteiger partial charge < -0.3 is 9.47 Å². The summed E-state index contributed by atoms with van der Waals surface area (Å²) in [5, 5.41) is 9.86. The molecule has 142 valence electrons. The minimum atomic E-state index is 0.614. The van der Waals surface area contributed by atoms with Crippen LogP contribution in [0.5, 0.6) is 17.4 Å². The van der Waals surface area contributed by atoms with E-state index in [0.29, 0.717) is 23.8 Å². The van der Waals surface area contributed by atoms with Crippen LogP contribution in [0.25, 0.3) is 10.9 Å². The van der Waals surface area contributed by atoms with E-state index in [1.165, 1.54) is 32.4 Å². The highest BCUT2D eigenvalue weighted by Gasteiger charge is 2.10. The predicted octanol–water partition coefficient (Wildman–Crippen LogP) is 4.76. The second kappa shape index (κ2) is 8.73. The Bertz CT molecular complexity index is 973. The molecule has 0 unspecified atom stereocenters. The van der Waals surface area contributed by atoms with Crippen molar-refractivity contribution < 1.29 is 9.47 Å². The molecule has 0 spiro atoms. The van der Waals surface area contributed by atoms with E-state index >= 15 is 0 Å². The second-order valence-electron chi connectivity index (χ2n) is 6.99. The lowest BCUT2D eigenvalue weighted by molar-refractivity contribution is 0.181. The van der Waals surface area contributed by atoms with Gasteiger partial charge >= 0.3 is 0 Å². The van der Waals surface area contributed by atoms with Crippen molar-refractivity contribution in [2.24, 2.45) is 0 Å². The van der Waals surface area contributed by atoms with Crippen molar-refractivity contribution in [3.63, 3.8) is 0 Å². The molecule has 28 heavy (non-hydrogen) atoms. The molecule has 5 heteroatoms. The first-order valence-corrected chi connectivity index (χ1v) is 9.74. The number of fused-ring (bicyclic) bond motifs is 1. The number of benzene rings is 2. The fourth-order valence-electron chi connectivity index (χ4n) is 3.42. The first-order chi connectivity index (χ1) is 13.8. The number of piperidine rings is 1. The van der Waals surface area contributed by atoms with E-state index in [0.717, 1.165) is 23.2 Å². The highest BCUT2D eigenvalue weighted by atomic mass is 16.5. The Balaban J connectivity index is 1.38. The SMILES string of the molecule is N#Cc1ccc(Oc2ccc3nc(OCCN4CCCCC4)ccc3c2)cc1. The number of rotatable bonds is 6. The summed E-state index contributed by atoms with van der Waals surface area (Å²) in [5.74, 6) is 2.09. The number of hydrogen-bond donors (Lipinski definition) is 0. The van der Waals surface area contributed by atoms with Crippen LogP contribution in [0.15, 0.2) is 54.6 Å². The first kappa shape index (κ1) is 18.3. The van der Waals surface area contributed by atoms with Crippen molar-refractivity contribution in [3.05, 3.63) is 60.2 Å². The molecule has 0 atom stereocenters. The molecule has 0 N–H and O–H groups in total. The Morgan fingerprint density at radius 3 is 2.50 bits per heavy atom. The van der Waals surface area contributed by atoms with Gasteiger partial charge in [0, 0.05) is 18.0 Å². The van der Waals surface area contributed by atoms with Crippen LogP contribution < -0.4 is 9.47 Å². The van der Waals surface area contributed by atoms with Crippen LogP contribution in [0.4, 0.5) is 0 Å². The van der Waals surface area contributed by atoms with Crippen LogP contribution in [0.3, 0.4) is 0 Å². The van der Waals surface area contributed by atoms with Gasteiger partial charge in [0.15, 0.2) is 0 Å². The molecule has 5 nitrogen and oxygen atoms in total. The molecule has 1 aliphatic rings. The van der Waals surface area contributed by atoms with E-state index in [4.69, 9.17) is 14.7 Å². The number of nitriles is 1. The van der Waals surface area contributed by atoms with Gasteiger partial charge in [0.1, 0.15) is 18.1 Å². The summed E-state index contributed by atoms with van der Waals surface area (Å²) < 4.78 is 11.7. The Morgan fingerprint density at radius 2 is 1.71 bits per heavy atom. The molecule has 0 radical (unpaired) electrons. The van der Waals surface area contributed by atoms with E-state index in [9.17, 15) is 0 Å². The topological polar surface area (TPSA) is 58.4 Å². The van der Waals surface area contributed by atoms with Gasteiger partial charge in [-0.1, -0.05) is 6.42 Å². The maximum Gasteiger partial charge on any atom is 0.213 e. The Morgan fingerprint density at radius 1 is 0.929 bits per heavy atom. The van der Waals surface area contributed by atoms with Crippen LogP contribution >= 0.6 is 0 Å². The molecule has 1 aromatic heterocycles. The number of ether oxygens (including phenoxy) is 2. The lowest BCUT2D eigenvalue weighted by Crippen LogP contribution is -2.33. The van der Waals surface area contributed by atoms with Gasteiger partial charge in [-0.3, -0.25) is 4.90 Å². The average molecular weight is 373 g/mol. The largest absolute Gasteiger partial charge is 0.476 e. The number of aromatic nitrogens is 1. The molecule has 4 rings (SSSR count). The van der Waals surface area contributed by atoms with E-state index in [1.807, 2.05) is 30.3 Å². The van der Waals surface area contributed by atoms with Gasteiger partial charge in [-0.15, -0.1) is 0 Å². The van der Waals surface area contributed by atoms with Gasteiger partial charge in [-0.25, -0.2) is 4.98 Å². The molecule has 1 aliphatic heterocycles. The zero-order chi connectivity index (χ0) is 19.2. The predicted molar refractivity (Wildman–Crippen MR) is 109 cm³/mol. The third kappa shape index (κ3) is 4.59. The minimum Gasteiger partial charge on any atom is -0.476 e. The monoisotopic (exact) mass is 373 g/mol. The molecular weight excluding hydrogens is 350 g/mol. The number of hydrogen-bond acceptors (Lipinski definition) is 5. The van der Waals surface area contributed by atoms with Gasteiger partial charge in [-0.2, -0.15) is 5.26 Å². The molecule has 0 bridgehead atoms. The van der Waals surface area contributed by atoms with Crippen LogP contribution in [0.1, 0.15) is 24.8 Å². The van der Waals surface area contributed by atoms with Crippen LogP contribution in [0.2, 0.25) is 0 Å². The van der Waals surface area contributed by atoms with E-state index in [-0.39, 0.29) is 0 Å². The van der Waals surface area contributed by atoms with Crippen LogP contribution in [0, 0.1) is 11.3 Å². The van der Waals surface area contributed by atoms with Crippen LogP contribution in [-0.2, 0) is 0 Å². The standard InChI is InChI=1S/C23H23N3O2/c24-17-18-4-7-20(8-5-18)28-21-9-10-22-19(16-21)6-11-23(25-22)27-15-14-26-12-2-1-3-13-26/h4-11,16H,1-3,12-15H2. The molecule has 3 aromatic rings. The number of nitrogens with zero attached hydrogens (tertiary/aromatic N) is 3. The Labute approximate surface area is 165 Å². The highest BCUT2D eigenvalue weighted by Crippen LogP contribution is 2.26. The second-order valence-corrected chi connectivity index (χ2v) is 6.99. The minimum absolute atomic E-state index is 0.614. The van der Waals surface area contributed by atoms with Crippen molar-refractivity contribution in [2.45, 2.75) is 19.3 Å². The fraction of sp³-hybridized carbons (Fsp3) is 0.304. The van der Waals surface area contributed by atoms with E-state index in [1.54, 1.807) is 24.3 Å². The third-order valence-corrected chi connectivity index (χ3v) is 4.96. The smallest absolute Gasteiger partial charge is 0.213 e. The molecule has 1 saturated heterocycles. The molecule has 2 heterocycles. The van der Waals surface area contributed by atoms with E-state index < -0.39 is 0 Å². The summed E-state index contributed by atoms with van der Waals surface area (Å²) in [4.78, 5) is 7.05. The lowest BCUT2D eigenvalue weighted by atomic mass is 10.1.